The van der Waals surface area contributed by atoms with E-state index in [2.05, 4.69) is 15.9 Å². The quantitative estimate of drug-likeness (QED) is 0.602. The van der Waals surface area contributed by atoms with Gasteiger partial charge in [-0.15, -0.1) is 0 Å². The number of carbonyl (C=O) groups is 1. The van der Waals surface area contributed by atoms with Crippen molar-refractivity contribution in [2.24, 2.45) is 0 Å². The van der Waals surface area contributed by atoms with E-state index in [-0.39, 0.29) is 27.8 Å². The molecule has 4 heteroatoms. The number of alkyl halides is 1. The fraction of sp³-hybridized carbons (Fsp3) is 0.200. The highest BCUT2D eigenvalue weighted by atomic mass is 79.9. The second-order valence-electron chi connectivity index (χ2n) is 2.76. The van der Waals surface area contributed by atoms with Crippen molar-refractivity contribution in [1.82, 2.24) is 0 Å². The van der Waals surface area contributed by atoms with Gasteiger partial charge in [0.15, 0.2) is 5.78 Å². The van der Waals surface area contributed by atoms with E-state index in [1.165, 1.54) is 19.1 Å². The number of ketones is 1. The molecule has 0 aliphatic heterocycles. The number of nitriles is 1. The zero-order chi connectivity index (χ0) is 10.7. The Kier molecular flexibility index (Phi) is 3.37. The zero-order valence-electron chi connectivity index (χ0n) is 7.47. The van der Waals surface area contributed by atoms with Crippen LogP contribution >= 0.6 is 15.9 Å². The third kappa shape index (κ3) is 1.83. The molecule has 0 N–H and O–H groups in total. The smallest absolute Gasteiger partial charge is 0.174 e. The van der Waals surface area contributed by atoms with Crippen molar-refractivity contribution in [2.45, 2.75) is 6.92 Å². The molecular weight excluding hydrogens is 249 g/mol. The molecule has 1 aromatic carbocycles. The maximum absolute atomic E-state index is 13.0. The van der Waals surface area contributed by atoms with Crippen LogP contribution in [0.1, 0.15) is 21.5 Å². The molecule has 0 aromatic heterocycles. The van der Waals surface area contributed by atoms with E-state index in [4.69, 9.17) is 5.26 Å². The minimum atomic E-state index is -0.465. The van der Waals surface area contributed by atoms with Gasteiger partial charge in [-0.25, -0.2) is 4.39 Å². The van der Waals surface area contributed by atoms with Crippen LogP contribution in [-0.4, -0.2) is 11.1 Å². The van der Waals surface area contributed by atoms with Crippen LogP contribution in [0.15, 0.2) is 12.1 Å². The first-order valence-electron chi connectivity index (χ1n) is 3.90. The molecule has 72 valence electrons. The van der Waals surface area contributed by atoms with Crippen molar-refractivity contribution in [3.05, 3.63) is 34.6 Å². The van der Waals surface area contributed by atoms with Crippen molar-refractivity contribution < 1.29 is 9.18 Å². The molecule has 0 atom stereocenters. The molecule has 0 amide bonds. The number of hydrogen-bond donors (Lipinski definition) is 0. The Morgan fingerprint density at radius 2 is 2.29 bits per heavy atom. The summed E-state index contributed by atoms with van der Waals surface area (Å²) in [7, 11) is 0. The highest BCUT2D eigenvalue weighted by Gasteiger charge is 2.14. The molecule has 1 rings (SSSR count). The number of carbonyl (C=O) groups excluding carboxylic acids is 1. The average Bonchev–Trinajstić information content (AvgIpc) is 2.20. The summed E-state index contributed by atoms with van der Waals surface area (Å²) in [6.45, 7) is 1.49. The molecule has 0 aliphatic carbocycles. The SMILES string of the molecule is Cc1c(F)ccc(C(=O)CBr)c1C#N. The van der Waals surface area contributed by atoms with E-state index in [0.717, 1.165) is 0 Å². The summed E-state index contributed by atoms with van der Waals surface area (Å²) >= 11 is 3.01. The van der Waals surface area contributed by atoms with Gasteiger partial charge in [0.1, 0.15) is 11.9 Å². The summed E-state index contributed by atoms with van der Waals surface area (Å²) in [5.74, 6) is -0.683. The van der Waals surface area contributed by atoms with Crippen LogP contribution in [0.5, 0.6) is 0 Å². The summed E-state index contributed by atoms with van der Waals surface area (Å²) < 4.78 is 13.0. The Hall–Kier alpha value is -1.21. The molecule has 0 heterocycles. The van der Waals surface area contributed by atoms with Crippen molar-refractivity contribution >= 4 is 21.7 Å². The van der Waals surface area contributed by atoms with Crippen LogP contribution in [0.2, 0.25) is 0 Å². The van der Waals surface area contributed by atoms with Gasteiger partial charge < -0.3 is 0 Å². The van der Waals surface area contributed by atoms with Crippen LogP contribution in [0.3, 0.4) is 0 Å². The van der Waals surface area contributed by atoms with E-state index in [1.807, 2.05) is 6.07 Å². The predicted octanol–water partition coefficient (Wildman–Crippen LogP) is 2.58. The van der Waals surface area contributed by atoms with E-state index in [9.17, 15) is 9.18 Å². The second kappa shape index (κ2) is 4.34. The summed E-state index contributed by atoms with van der Waals surface area (Å²) in [5.41, 5.74) is 0.608. The fourth-order valence-electron chi connectivity index (χ4n) is 1.13. The molecule has 14 heavy (non-hydrogen) atoms. The monoisotopic (exact) mass is 255 g/mol. The molecule has 0 saturated carbocycles. The van der Waals surface area contributed by atoms with Crippen LogP contribution < -0.4 is 0 Å². The molecule has 0 bridgehead atoms. The summed E-state index contributed by atoms with van der Waals surface area (Å²) in [4.78, 5) is 11.3. The van der Waals surface area contributed by atoms with E-state index in [1.54, 1.807) is 0 Å². The highest BCUT2D eigenvalue weighted by Crippen LogP contribution is 2.17. The standard InChI is InChI=1S/C10H7BrFNO/c1-6-8(5-13)7(10(14)4-11)2-3-9(6)12/h2-3H,4H2,1H3. The summed E-state index contributed by atoms with van der Waals surface area (Å²) in [6.07, 6.45) is 0. The highest BCUT2D eigenvalue weighted by molar-refractivity contribution is 9.09. The normalized spacial score (nSPS) is 9.57. The van der Waals surface area contributed by atoms with Crippen LogP contribution in [0.25, 0.3) is 0 Å². The maximum Gasteiger partial charge on any atom is 0.174 e. The van der Waals surface area contributed by atoms with E-state index >= 15 is 0 Å². The van der Waals surface area contributed by atoms with Crippen molar-refractivity contribution in [1.29, 1.82) is 5.26 Å². The molecular formula is C10H7BrFNO. The number of hydrogen-bond acceptors (Lipinski definition) is 2. The van der Waals surface area contributed by atoms with Crippen molar-refractivity contribution in [3.63, 3.8) is 0 Å². The topological polar surface area (TPSA) is 40.9 Å². The van der Waals surface area contributed by atoms with Gasteiger partial charge in [0, 0.05) is 11.1 Å². The van der Waals surface area contributed by atoms with Gasteiger partial charge in [-0.1, -0.05) is 15.9 Å². The van der Waals surface area contributed by atoms with Gasteiger partial charge in [0.2, 0.25) is 0 Å². The Bertz CT molecular complexity index is 423. The minimum absolute atomic E-state index is 0.120. The molecule has 1 aromatic rings. The Labute approximate surface area is 89.5 Å². The lowest BCUT2D eigenvalue weighted by molar-refractivity contribution is 0.102. The molecule has 2 nitrogen and oxygen atoms in total. The van der Waals surface area contributed by atoms with Gasteiger partial charge in [-0.05, 0) is 19.1 Å². The molecule has 0 aliphatic rings. The molecule has 0 spiro atoms. The van der Waals surface area contributed by atoms with Gasteiger partial charge in [0.25, 0.3) is 0 Å². The van der Waals surface area contributed by atoms with Crippen LogP contribution in [0, 0.1) is 24.1 Å². The second-order valence-corrected chi connectivity index (χ2v) is 3.32. The molecule has 0 unspecified atom stereocenters. The first-order chi connectivity index (χ1) is 6.61. The zero-order valence-corrected chi connectivity index (χ0v) is 9.06. The lowest BCUT2D eigenvalue weighted by atomic mass is 10.00. The lowest BCUT2D eigenvalue weighted by Crippen LogP contribution is -2.05. The van der Waals surface area contributed by atoms with E-state index < -0.39 is 5.82 Å². The van der Waals surface area contributed by atoms with Gasteiger partial charge in [-0.3, -0.25) is 4.79 Å². The van der Waals surface area contributed by atoms with Crippen molar-refractivity contribution in [3.8, 4) is 6.07 Å². The maximum atomic E-state index is 13.0. The van der Waals surface area contributed by atoms with Crippen LogP contribution in [-0.2, 0) is 0 Å². The Morgan fingerprint density at radius 3 is 2.79 bits per heavy atom. The van der Waals surface area contributed by atoms with E-state index in [0.29, 0.717) is 0 Å². The minimum Gasteiger partial charge on any atom is -0.293 e. The first-order valence-corrected chi connectivity index (χ1v) is 5.02. The largest absolute Gasteiger partial charge is 0.293 e. The molecule has 0 fully saturated rings. The van der Waals surface area contributed by atoms with Gasteiger partial charge in [0.05, 0.1) is 10.9 Å². The lowest BCUT2D eigenvalue weighted by Gasteiger charge is -2.04. The van der Waals surface area contributed by atoms with Crippen LogP contribution in [0.4, 0.5) is 4.39 Å². The number of nitrogens with zero attached hydrogens (tertiary/aromatic N) is 1. The number of halogens is 2. The third-order valence-corrected chi connectivity index (χ3v) is 2.44. The Balaban J connectivity index is 3.40. The number of Topliss-reactive ketones (excluding diaryl/α,β-unsaturated/α-hetero) is 1. The summed E-state index contributed by atoms with van der Waals surface area (Å²) in [5, 5.41) is 8.92. The summed E-state index contributed by atoms with van der Waals surface area (Å²) in [6, 6.07) is 4.38. The Morgan fingerprint density at radius 1 is 1.64 bits per heavy atom. The van der Waals surface area contributed by atoms with Crippen molar-refractivity contribution in [2.75, 3.05) is 5.33 Å². The molecule has 0 saturated heterocycles. The number of benzene rings is 1. The third-order valence-electron chi connectivity index (χ3n) is 1.93. The fourth-order valence-corrected chi connectivity index (χ4v) is 1.44. The predicted molar refractivity (Wildman–Crippen MR) is 54.0 cm³/mol. The first kappa shape index (κ1) is 10.9. The average molecular weight is 256 g/mol. The number of rotatable bonds is 2. The van der Waals surface area contributed by atoms with Gasteiger partial charge in [-0.2, -0.15) is 5.26 Å². The molecule has 0 radical (unpaired) electrons. The van der Waals surface area contributed by atoms with Gasteiger partial charge >= 0.3 is 0 Å².